The number of benzene rings is 2. The molecule has 0 N–H and O–H groups in total. The average Bonchev–Trinajstić information content (AvgIpc) is 2.92. The van der Waals surface area contributed by atoms with E-state index in [9.17, 15) is 18.5 Å². The van der Waals surface area contributed by atoms with Crippen molar-refractivity contribution >= 4 is 37.1 Å². The molecule has 0 aliphatic heterocycles. The van der Waals surface area contributed by atoms with E-state index in [1.54, 1.807) is 12.1 Å². The van der Waals surface area contributed by atoms with Crippen LogP contribution in [0.25, 0.3) is 10.2 Å². The standard InChI is InChI=1S/C14H10N2O4S2/c17-16(18)11-7-5-10(6-8-11)9-22(19,20)14-15-12-3-1-2-4-13(12)21-14/h1-8H,9H2. The Morgan fingerprint density at radius 2 is 1.77 bits per heavy atom. The number of hydrogen-bond donors (Lipinski definition) is 0. The SMILES string of the molecule is O=[N+]([O-])c1ccc(CS(=O)(=O)c2nc3ccccc3s2)cc1. The van der Waals surface area contributed by atoms with Gasteiger partial charge in [0.25, 0.3) is 5.69 Å². The lowest BCUT2D eigenvalue weighted by Gasteiger charge is -2.01. The van der Waals surface area contributed by atoms with Crippen LogP contribution < -0.4 is 0 Å². The fourth-order valence-electron chi connectivity index (χ4n) is 1.98. The maximum absolute atomic E-state index is 12.4. The molecule has 3 rings (SSSR count). The maximum Gasteiger partial charge on any atom is 0.269 e. The number of nitro benzene ring substituents is 1. The van der Waals surface area contributed by atoms with Crippen molar-refractivity contribution < 1.29 is 13.3 Å². The molecule has 2 aromatic carbocycles. The first kappa shape index (κ1) is 14.6. The van der Waals surface area contributed by atoms with E-state index in [0.29, 0.717) is 11.1 Å². The number of para-hydroxylation sites is 1. The van der Waals surface area contributed by atoms with Gasteiger partial charge in [0.1, 0.15) is 0 Å². The molecule has 0 saturated heterocycles. The zero-order valence-corrected chi connectivity index (χ0v) is 12.8. The van der Waals surface area contributed by atoms with Gasteiger partial charge < -0.3 is 0 Å². The summed E-state index contributed by atoms with van der Waals surface area (Å²) in [6, 6.07) is 12.7. The van der Waals surface area contributed by atoms with E-state index in [-0.39, 0.29) is 15.8 Å². The molecule has 0 amide bonds. The maximum atomic E-state index is 12.4. The van der Waals surface area contributed by atoms with Crippen molar-refractivity contribution in [3.63, 3.8) is 0 Å². The fourth-order valence-corrected chi connectivity index (χ4v) is 4.62. The molecular weight excluding hydrogens is 324 g/mol. The molecular formula is C14H10N2O4S2. The zero-order chi connectivity index (χ0) is 15.7. The first-order chi connectivity index (χ1) is 10.5. The number of aromatic nitrogens is 1. The lowest BCUT2D eigenvalue weighted by molar-refractivity contribution is -0.384. The van der Waals surface area contributed by atoms with Gasteiger partial charge >= 0.3 is 0 Å². The summed E-state index contributed by atoms with van der Waals surface area (Å²) in [7, 11) is -3.57. The molecule has 0 bridgehead atoms. The van der Waals surface area contributed by atoms with E-state index >= 15 is 0 Å². The number of nitrogens with zero attached hydrogens (tertiary/aromatic N) is 2. The van der Waals surface area contributed by atoms with Crippen LogP contribution in [0.2, 0.25) is 0 Å². The van der Waals surface area contributed by atoms with E-state index in [0.717, 1.165) is 16.0 Å². The summed E-state index contributed by atoms with van der Waals surface area (Å²) < 4.78 is 25.7. The Hall–Kier alpha value is -2.32. The second-order valence-corrected chi connectivity index (χ2v) is 7.82. The third-order valence-corrected chi connectivity index (χ3v) is 6.22. The van der Waals surface area contributed by atoms with Crippen molar-refractivity contribution in [3.8, 4) is 0 Å². The van der Waals surface area contributed by atoms with E-state index in [1.807, 2.05) is 12.1 Å². The highest BCUT2D eigenvalue weighted by molar-refractivity contribution is 7.92. The highest BCUT2D eigenvalue weighted by Gasteiger charge is 2.20. The van der Waals surface area contributed by atoms with Gasteiger partial charge in [-0.25, -0.2) is 13.4 Å². The van der Waals surface area contributed by atoms with E-state index in [4.69, 9.17) is 0 Å². The van der Waals surface area contributed by atoms with Gasteiger partial charge in [-0.2, -0.15) is 0 Å². The van der Waals surface area contributed by atoms with Crippen LogP contribution in [0.5, 0.6) is 0 Å². The average molecular weight is 334 g/mol. The van der Waals surface area contributed by atoms with Gasteiger partial charge in [0.05, 0.1) is 20.9 Å². The van der Waals surface area contributed by atoms with Crippen molar-refractivity contribution in [2.24, 2.45) is 0 Å². The third-order valence-electron chi connectivity index (χ3n) is 3.04. The van der Waals surface area contributed by atoms with Crippen molar-refractivity contribution in [2.45, 2.75) is 10.1 Å². The summed E-state index contributed by atoms with van der Waals surface area (Å²) in [6.45, 7) is 0. The molecule has 112 valence electrons. The van der Waals surface area contributed by atoms with Crippen molar-refractivity contribution in [1.82, 2.24) is 4.98 Å². The molecule has 22 heavy (non-hydrogen) atoms. The number of sulfone groups is 1. The van der Waals surface area contributed by atoms with Crippen molar-refractivity contribution in [1.29, 1.82) is 0 Å². The van der Waals surface area contributed by atoms with Crippen LogP contribution in [-0.4, -0.2) is 18.3 Å². The molecule has 1 aromatic heterocycles. The van der Waals surface area contributed by atoms with Crippen LogP contribution >= 0.6 is 11.3 Å². The number of thiazole rings is 1. The lowest BCUT2D eigenvalue weighted by atomic mass is 10.2. The minimum absolute atomic E-state index is 0.0621. The molecule has 0 atom stereocenters. The summed E-state index contributed by atoms with van der Waals surface area (Å²) in [4.78, 5) is 14.2. The quantitative estimate of drug-likeness (QED) is 0.540. The highest BCUT2D eigenvalue weighted by Crippen LogP contribution is 2.27. The molecule has 1 heterocycles. The van der Waals surface area contributed by atoms with Gasteiger partial charge in [0.15, 0.2) is 0 Å². The minimum Gasteiger partial charge on any atom is -0.258 e. The molecule has 6 nitrogen and oxygen atoms in total. The van der Waals surface area contributed by atoms with Crippen LogP contribution in [0, 0.1) is 10.1 Å². The Morgan fingerprint density at radius 1 is 1.09 bits per heavy atom. The van der Waals surface area contributed by atoms with Gasteiger partial charge in [-0.1, -0.05) is 24.3 Å². The molecule has 0 saturated carbocycles. The smallest absolute Gasteiger partial charge is 0.258 e. The molecule has 8 heteroatoms. The van der Waals surface area contributed by atoms with Crippen LogP contribution in [0.3, 0.4) is 0 Å². The topological polar surface area (TPSA) is 90.2 Å². The summed E-state index contributed by atoms with van der Waals surface area (Å²) >= 11 is 1.12. The van der Waals surface area contributed by atoms with Crippen molar-refractivity contribution in [3.05, 3.63) is 64.2 Å². The normalized spacial score (nSPS) is 11.6. The molecule has 0 aliphatic rings. The van der Waals surface area contributed by atoms with E-state index < -0.39 is 14.8 Å². The lowest BCUT2D eigenvalue weighted by Crippen LogP contribution is -2.04. The fraction of sp³-hybridized carbons (Fsp3) is 0.0714. The molecule has 0 radical (unpaired) electrons. The Kier molecular flexibility index (Phi) is 3.63. The number of fused-ring (bicyclic) bond motifs is 1. The second-order valence-electron chi connectivity index (χ2n) is 4.63. The first-order valence-corrected chi connectivity index (χ1v) is 8.74. The van der Waals surface area contributed by atoms with E-state index in [2.05, 4.69) is 4.98 Å². The van der Waals surface area contributed by atoms with Crippen molar-refractivity contribution in [2.75, 3.05) is 0 Å². The Labute approximate surface area is 130 Å². The largest absolute Gasteiger partial charge is 0.269 e. The van der Waals surface area contributed by atoms with Crippen LogP contribution in [-0.2, 0) is 15.6 Å². The molecule has 0 unspecified atom stereocenters. The number of nitro groups is 1. The van der Waals surface area contributed by atoms with Gasteiger partial charge in [0, 0.05) is 12.1 Å². The van der Waals surface area contributed by atoms with Gasteiger partial charge in [-0.15, -0.1) is 11.3 Å². The molecule has 0 fully saturated rings. The Morgan fingerprint density at radius 3 is 2.41 bits per heavy atom. The molecule has 3 aromatic rings. The molecule has 0 spiro atoms. The van der Waals surface area contributed by atoms with Gasteiger partial charge in [-0.3, -0.25) is 10.1 Å². The summed E-state index contributed by atoms with van der Waals surface area (Å²) in [6.07, 6.45) is 0. The van der Waals surface area contributed by atoms with Gasteiger partial charge in [-0.05, 0) is 17.7 Å². The Bertz CT molecular complexity index is 913. The predicted octanol–water partition coefficient (Wildman–Crippen LogP) is 3.18. The second kappa shape index (κ2) is 5.47. The third kappa shape index (κ3) is 2.83. The van der Waals surface area contributed by atoms with Crippen LogP contribution in [0.1, 0.15) is 5.56 Å². The van der Waals surface area contributed by atoms with E-state index in [1.165, 1.54) is 24.3 Å². The monoisotopic (exact) mass is 334 g/mol. The highest BCUT2D eigenvalue weighted by atomic mass is 32.2. The summed E-state index contributed by atoms with van der Waals surface area (Å²) in [5, 5.41) is 10.6. The van der Waals surface area contributed by atoms with Crippen LogP contribution in [0.4, 0.5) is 5.69 Å². The molecule has 0 aliphatic carbocycles. The first-order valence-electron chi connectivity index (χ1n) is 6.27. The number of rotatable bonds is 4. The number of hydrogen-bond acceptors (Lipinski definition) is 6. The minimum atomic E-state index is -3.57. The Balaban J connectivity index is 1.91. The predicted molar refractivity (Wildman–Crippen MR) is 83.6 cm³/mol. The number of non-ortho nitro benzene ring substituents is 1. The van der Waals surface area contributed by atoms with Crippen LogP contribution in [0.15, 0.2) is 52.9 Å². The van der Waals surface area contributed by atoms with Gasteiger partial charge in [0.2, 0.25) is 14.2 Å². The summed E-state index contributed by atoms with van der Waals surface area (Å²) in [5.41, 5.74) is 1.07. The summed E-state index contributed by atoms with van der Waals surface area (Å²) in [5.74, 6) is -0.231. The zero-order valence-electron chi connectivity index (χ0n) is 11.2.